The largest absolute Gasteiger partial charge is 0.456 e. The van der Waals surface area contributed by atoms with Gasteiger partial charge in [0, 0.05) is 104 Å². The second kappa shape index (κ2) is 38.1. The molecule has 0 aliphatic carbocycles. The van der Waals surface area contributed by atoms with Gasteiger partial charge in [-0.15, -0.1) is 34.0 Å². The zero-order chi connectivity index (χ0) is 109. The molecule has 0 fully saturated rings. The van der Waals surface area contributed by atoms with E-state index in [2.05, 4.69) is 349 Å². The molecule has 24 rings (SSSR count). The second-order valence-corrected chi connectivity index (χ2v) is 45.0. The molecule has 0 saturated heterocycles. The van der Waals surface area contributed by atoms with Crippen LogP contribution in [0.4, 0.5) is 0 Å². The lowest BCUT2D eigenvalue weighted by atomic mass is 9.83. The molecule has 6 aromatic heterocycles. The number of hydrogen-bond donors (Lipinski definition) is 0. The molecule has 0 aliphatic heterocycles. The van der Waals surface area contributed by atoms with Gasteiger partial charge in [0.15, 0.2) is 0 Å². The van der Waals surface area contributed by atoms with Crippen LogP contribution >= 0.6 is 34.0 Å². The van der Waals surface area contributed by atoms with Crippen LogP contribution in [0, 0.1) is 6.92 Å². The smallest absolute Gasteiger partial charge is 0.143 e. The molecule has 0 saturated carbocycles. The van der Waals surface area contributed by atoms with Crippen LogP contribution < -0.4 is 0 Å². The molecular formula is C133H122O3S3. The third kappa shape index (κ3) is 19.0. The molecule has 18 aromatic carbocycles. The Morgan fingerprint density at radius 2 is 0.504 bits per heavy atom. The van der Waals surface area contributed by atoms with Crippen LogP contribution in [0.3, 0.4) is 0 Å². The van der Waals surface area contributed by atoms with Gasteiger partial charge in [0.2, 0.25) is 0 Å². The lowest BCUT2D eigenvalue weighted by Gasteiger charge is -2.21. The summed E-state index contributed by atoms with van der Waals surface area (Å²) in [6.45, 7) is 41.6. The summed E-state index contributed by atoms with van der Waals surface area (Å²) in [5.41, 5.74) is 23.3. The van der Waals surface area contributed by atoms with Crippen LogP contribution in [0.25, 0.3) is 193 Å². The van der Waals surface area contributed by atoms with Crippen molar-refractivity contribution in [2.75, 3.05) is 0 Å². The van der Waals surface area contributed by atoms with Crippen molar-refractivity contribution in [3.63, 3.8) is 0 Å². The van der Waals surface area contributed by atoms with Crippen LogP contribution in [0.5, 0.6) is 0 Å². The maximum Gasteiger partial charge on any atom is 0.143 e. The molecule has 0 N–H and O–H groups in total. The lowest BCUT2D eigenvalue weighted by Crippen LogP contribution is -2.11. The van der Waals surface area contributed by atoms with E-state index >= 15 is 0 Å². The Hall–Kier alpha value is -14.0. The summed E-state index contributed by atoms with van der Waals surface area (Å²) in [5.74, 6) is 0. The molecule has 0 bridgehead atoms. The van der Waals surface area contributed by atoms with Gasteiger partial charge in [-0.1, -0.05) is 488 Å². The molecule has 139 heavy (non-hydrogen) atoms. The van der Waals surface area contributed by atoms with Crippen molar-refractivity contribution in [3.05, 3.63) is 433 Å². The Kier molecular flexibility index (Phi) is 21.4. The highest BCUT2D eigenvalue weighted by Gasteiger charge is 2.29. The average molecular weight is 1880 g/mol. The lowest BCUT2D eigenvalue weighted by molar-refractivity contribution is 0.573. The predicted molar refractivity (Wildman–Crippen MR) is 609 cm³/mol. The van der Waals surface area contributed by atoms with Crippen molar-refractivity contribution >= 4 is 160 Å². The van der Waals surface area contributed by atoms with Gasteiger partial charge in [-0.2, -0.15) is 0 Å². The number of thiophene rings is 3. The first-order valence-electron chi connectivity index (χ1n) is 54.6. The van der Waals surface area contributed by atoms with Crippen molar-refractivity contribution < 1.29 is 32.4 Å². The third-order valence-corrected chi connectivity index (χ3v) is 29.5. The number of fused-ring (bicyclic) bond motifs is 18. The van der Waals surface area contributed by atoms with E-state index in [0.29, 0.717) is 39.0 Å². The minimum atomic E-state index is -0.398. The minimum absolute atomic E-state index is 0.0166. The van der Waals surface area contributed by atoms with E-state index in [9.17, 15) is 0 Å². The fourth-order valence-electron chi connectivity index (χ4n) is 19.2. The van der Waals surface area contributed by atoms with Crippen molar-refractivity contribution in [2.45, 2.75) is 164 Å². The minimum Gasteiger partial charge on any atom is -0.456 e. The molecule has 0 radical (unpaired) electrons. The molecule has 6 heterocycles. The predicted octanol–water partition coefficient (Wildman–Crippen LogP) is 41.0. The van der Waals surface area contributed by atoms with Gasteiger partial charge in [-0.25, -0.2) is 0 Å². The molecule has 0 spiro atoms. The van der Waals surface area contributed by atoms with Gasteiger partial charge in [-0.3, -0.25) is 0 Å². The van der Waals surface area contributed by atoms with E-state index in [1.54, 1.807) is 24.3 Å². The molecule has 0 amide bonds. The van der Waals surface area contributed by atoms with Gasteiger partial charge in [0.05, 0.1) is 19.2 Å². The molecule has 0 aliphatic rings. The third-order valence-electron chi connectivity index (χ3n) is 25.8. The fraction of sp³-hybridized carbons (Fsp3) is 0.188. The van der Waals surface area contributed by atoms with Crippen molar-refractivity contribution in [3.8, 4) is 66.8 Å². The fourth-order valence-corrected chi connectivity index (χ4v) is 23.5. The van der Waals surface area contributed by atoms with Gasteiger partial charge < -0.3 is 13.3 Å². The van der Waals surface area contributed by atoms with Gasteiger partial charge in [-0.05, 0) is 165 Å². The molecule has 0 atom stereocenters. The highest BCUT2D eigenvalue weighted by atomic mass is 32.1. The Balaban J connectivity index is 0.000000115. The summed E-state index contributed by atoms with van der Waals surface area (Å²) in [6, 6.07) is 104. The second-order valence-electron chi connectivity index (χ2n) is 41.9. The summed E-state index contributed by atoms with van der Waals surface area (Å²) in [6.07, 6.45) is 0. The van der Waals surface area contributed by atoms with Gasteiger partial charge in [0.1, 0.15) is 33.5 Å². The number of rotatable bonds is 6. The van der Waals surface area contributed by atoms with E-state index in [0.717, 1.165) is 70.5 Å². The van der Waals surface area contributed by atoms with Crippen molar-refractivity contribution in [1.82, 2.24) is 0 Å². The number of benzene rings is 18. The van der Waals surface area contributed by atoms with E-state index in [1.807, 2.05) is 102 Å². The highest BCUT2D eigenvalue weighted by molar-refractivity contribution is 7.27. The molecular weight excluding hydrogens is 1740 g/mol. The molecule has 6 heteroatoms. The number of para-hydroxylation sites is 2. The number of furan rings is 3. The Morgan fingerprint density at radius 3 is 0.950 bits per heavy atom. The average Bonchev–Trinajstić information content (AvgIpc) is 1.61. The van der Waals surface area contributed by atoms with Crippen LogP contribution in [0.1, 0.15) is 183 Å². The summed E-state index contributed by atoms with van der Waals surface area (Å²) < 4.78 is 140. The normalized spacial score (nSPS) is 13.5. The van der Waals surface area contributed by atoms with Crippen LogP contribution in [0.15, 0.2) is 407 Å². The summed E-state index contributed by atoms with van der Waals surface area (Å²) in [4.78, 5) is 0. The van der Waals surface area contributed by atoms with E-state index in [4.69, 9.17) is 32.4 Å². The summed E-state index contributed by atoms with van der Waals surface area (Å²) in [7, 11) is 0. The quantitative estimate of drug-likeness (QED) is 0.167. The highest BCUT2D eigenvalue weighted by Crippen LogP contribution is 2.51. The molecule has 690 valence electrons. The standard InChI is InChI=1S/C23H22O.2C22H20O.3C22H20S/c1-15-8-5-9-16(14-15)17-10-6-12-19-21(17)22-18(23(2,3)4)11-7-13-20(22)24-19;1-22(2,3)17-12-8-14-19-21(17)20-16(11-7-13-18(20)23-19)15-9-5-4-6-10-15;1-22(2,3)19-14-8-13-18-17-12-7-11-16(20(17)23-21(18)19)15-9-5-4-6-10-15;1-22(2,3)17-12-8-14-19-21(17)20-16(11-7-13-18(20)23-19)15-9-5-4-6-10-15;2*1-22(2,3)19-14-8-13-18-17-12-7-11-16(20(17)23-21(18)19)15-9-5-4-6-10-15/h5-14H,1-4H3;5*4-14H,1-3H3/i5D,8D,9D,14D;;4D,5D,6D,9D,10D;;4D,5D,6D,9D,10D;. The molecule has 3 nitrogen and oxygen atoms in total. The first-order valence-corrected chi connectivity index (χ1v) is 50.1. The van der Waals surface area contributed by atoms with E-state index in [-0.39, 0.29) is 122 Å². The Morgan fingerprint density at radius 1 is 0.201 bits per heavy atom. The molecule has 0 unspecified atom stereocenters. The van der Waals surface area contributed by atoms with Gasteiger partial charge in [0.25, 0.3) is 0 Å². The van der Waals surface area contributed by atoms with Crippen molar-refractivity contribution in [2.24, 2.45) is 0 Å². The van der Waals surface area contributed by atoms with E-state index < -0.39 is 6.04 Å². The van der Waals surface area contributed by atoms with Crippen molar-refractivity contribution in [1.29, 1.82) is 0 Å². The Labute approximate surface area is 850 Å². The summed E-state index contributed by atoms with van der Waals surface area (Å²) >= 11 is 5.47. The number of hydrogen-bond acceptors (Lipinski definition) is 6. The zero-order valence-electron chi connectivity index (χ0n) is 96.4. The zero-order valence-corrected chi connectivity index (χ0v) is 84.8. The maximum atomic E-state index is 8.57. The molecule has 24 aromatic rings. The SMILES string of the molecule is CC(C)(C)c1cccc2c1sc1c(-c3ccccc3)cccc12.CC(C)(C)c1cccc2oc3cccc(-c4ccccc4)c3c12.CC(C)(C)c1cccc2sc3cccc(-c4ccccc4)c3c12.[2H]c1c([2H])c(C)c([2H])c(-c2cccc3oc4cccc(C(C)(C)C)c4c23)c1[2H].[2H]c1c([2H])c([2H])c(-c2cccc3c2oc2c(C(C)(C)C)cccc23)c([2H])c1[2H].[2H]c1c([2H])c([2H])c(-c2cccc3c2sc2c(C(C)(C)C)cccc23)c([2H])c1[2H]. The topological polar surface area (TPSA) is 39.4 Å². The monoisotopic (exact) mass is 1880 g/mol. The maximum absolute atomic E-state index is 8.57. The Bertz CT molecular complexity index is 9080. The van der Waals surface area contributed by atoms with Gasteiger partial charge >= 0.3 is 0 Å². The first-order chi connectivity index (χ1) is 72.5. The summed E-state index contributed by atoms with van der Waals surface area (Å²) in [5, 5.41) is 13.9. The van der Waals surface area contributed by atoms with E-state index in [1.165, 1.54) is 111 Å². The van der Waals surface area contributed by atoms with Crippen LogP contribution in [-0.4, -0.2) is 0 Å². The van der Waals surface area contributed by atoms with Crippen LogP contribution in [-0.2, 0) is 32.5 Å². The van der Waals surface area contributed by atoms with Crippen LogP contribution in [0.2, 0.25) is 0 Å². The first kappa shape index (κ1) is 78.0.